The Morgan fingerprint density at radius 3 is 2.42 bits per heavy atom. The van der Waals surface area contributed by atoms with Gasteiger partial charge in [-0.1, -0.05) is 35.9 Å². The zero-order valence-corrected chi connectivity index (χ0v) is 17.6. The van der Waals surface area contributed by atoms with E-state index in [1.165, 1.54) is 29.8 Å². The molecule has 154 valence electrons. The normalized spacial score (nSPS) is 10.8. The van der Waals surface area contributed by atoms with Crippen molar-refractivity contribution in [2.45, 2.75) is 13.8 Å². The van der Waals surface area contributed by atoms with E-state index in [1.54, 1.807) is 24.3 Å². The predicted octanol–water partition coefficient (Wildman–Crippen LogP) is 6.33. The van der Waals surface area contributed by atoms with Gasteiger partial charge < -0.3 is 5.32 Å². The van der Waals surface area contributed by atoms with Crippen LogP contribution in [-0.4, -0.2) is 15.8 Å². The van der Waals surface area contributed by atoms with Gasteiger partial charge in [0.05, 0.1) is 26.7 Å². The number of carbonyl (C=O) groups is 1. The van der Waals surface area contributed by atoms with Crippen molar-refractivity contribution < 1.29 is 9.72 Å². The first kappa shape index (κ1) is 20.5. The molecule has 0 saturated heterocycles. The minimum atomic E-state index is -0.486. The SMILES string of the molecule is Cc1ccc(-c2cc(C(=O)Nc3ccc([N+](=O)[O-])cc3)c3cccc(Cl)c3n2)cc1C. The molecule has 0 unspecified atom stereocenters. The van der Waals surface area contributed by atoms with Crippen molar-refractivity contribution in [3.63, 3.8) is 0 Å². The van der Waals surface area contributed by atoms with E-state index >= 15 is 0 Å². The van der Waals surface area contributed by atoms with Gasteiger partial charge in [-0.05, 0) is 55.3 Å². The fourth-order valence-corrected chi connectivity index (χ4v) is 3.53. The molecule has 0 atom stereocenters. The fraction of sp³-hybridized carbons (Fsp3) is 0.0833. The van der Waals surface area contributed by atoms with E-state index in [4.69, 9.17) is 16.6 Å². The molecule has 0 aliphatic rings. The van der Waals surface area contributed by atoms with E-state index < -0.39 is 4.92 Å². The van der Waals surface area contributed by atoms with Crippen LogP contribution in [0.3, 0.4) is 0 Å². The lowest BCUT2D eigenvalue weighted by Crippen LogP contribution is -2.13. The summed E-state index contributed by atoms with van der Waals surface area (Å²) in [6, 6.07) is 18.7. The van der Waals surface area contributed by atoms with Crippen molar-refractivity contribution >= 4 is 39.8 Å². The summed E-state index contributed by atoms with van der Waals surface area (Å²) in [5.74, 6) is -0.353. The summed E-state index contributed by atoms with van der Waals surface area (Å²) in [6.07, 6.45) is 0. The van der Waals surface area contributed by atoms with Gasteiger partial charge in [-0.15, -0.1) is 0 Å². The van der Waals surface area contributed by atoms with Crippen LogP contribution >= 0.6 is 11.6 Å². The summed E-state index contributed by atoms with van der Waals surface area (Å²) < 4.78 is 0. The van der Waals surface area contributed by atoms with Crippen LogP contribution in [-0.2, 0) is 0 Å². The smallest absolute Gasteiger partial charge is 0.269 e. The Kier molecular flexibility index (Phi) is 5.40. The molecule has 1 heterocycles. The number of fused-ring (bicyclic) bond motifs is 1. The molecular weight excluding hydrogens is 414 g/mol. The molecule has 0 aliphatic heterocycles. The summed E-state index contributed by atoms with van der Waals surface area (Å²) >= 11 is 6.40. The molecule has 1 aromatic heterocycles. The Morgan fingerprint density at radius 1 is 1.00 bits per heavy atom. The second-order valence-corrected chi connectivity index (χ2v) is 7.66. The highest BCUT2D eigenvalue weighted by Gasteiger charge is 2.16. The van der Waals surface area contributed by atoms with Crippen LogP contribution in [0.4, 0.5) is 11.4 Å². The number of hydrogen-bond donors (Lipinski definition) is 1. The molecule has 0 radical (unpaired) electrons. The molecule has 0 bridgehead atoms. The number of nitrogens with one attached hydrogen (secondary N) is 1. The van der Waals surface area contributed by atoms with E-state index in [1.807, 2.05) is 32.0 Å². The van der Waals surface area contributed by atoms with Gasteiger partial charge in [0.15, 0.2) is 0 Å². The van der Waals surface area contributed by atoms with Crippen LogP contribution in [0.25, 0.3) is 22.2 Å². The number of amides is 1. The highest BCUT2D eigenvalue weighted by Crippen LogP contribution is 2.30. The van der Waals surface area contributed by atoms with Crippen molar-refractivity contribution in [2.75, 3.05) is 5.32 Å². The van der Waals surface area contributed by atoms with E-state index in [2.05, 4.69) is 5.32 Å². The number of pyridine rings is 1. The summed E-state index contributed by atoms with van der Waals surface area (Å²) in [6.45, 7) is 4.06. The van der Waals surface area contributed by atoms with Gasteiger partial charge in [0, 0.05) is 28.8 Å². The number of nitro groups is 1. The van der Waals surface area contributed by atoms with Crippen molar-refractivity contribution in [1.29, 1.82) is 0 Å². The standard InChI is InChI=1S/C24H18ClN3O3/c1-14-6-7-16(12-15(14)2)22-13-20(19-4-3-5-21(25)23(19)27-22)24(29)26-17-8-10-18(11-9-17)28(30)31/h3-13H,1-2H3,(H,26,29). The van der Waals surface area contributed by atoms with Crippen LogP contribution in [0, 0.1) is 24.0 Å². The van der Waals surface area contributed by atoms with Gasteiger partial charge >= 0.3 is 0 Å². The third-order valence-electron chi connectivity index (χ3n) is 5.17. The lowest BCUT2D eigenvalue weighted by Gasteiger charge is -2.12. The third-order valence-corrected chi connectivity index (χ3v) is 5.48. The van der Waals surface area contributed by atoms with Gasteiger partial charge in [0.2, 0.25) is 0 Å². The first-order chi connectivity index (χ1) is 14.8. The second kappa shape index (κ2) is 8.16. The number of nitro benzene ring substituents is 1. The molecule has 7 heteroatoms. The van der Waals surface area contributed by atoms with Crippen molar-refractivity contribution in [3.05, 3.63) is 98.6 Å². The number of para-hydroxylation sites is 1. The highest BCUT2D eigenvalue weighted by molar-refractivity contribution is 6.35. The van der Waals surface area contributed by atoms with Crippen LogP contribution in [0.1, 0.15) is 21.5 Å². The van der Waals surface area contributed by atoms with Crippen LogP contribution in [0.5, 0.6) is 0 Å². The topological polar surface area (TPSA) is 85.1 Å². The van der Waals surface area contributed by atoms with Gasteiger partial charge in [-0.3, -0.25) is 14.9 Å². The fourth-order valence-electron chi connectivity index (χ4n) is 3.31. The number of halogens is 1. The number of rotatable bonds is 4. The molecular formula is C24H18ClN3O3. The summed E-state index contributed by atoms with van der Waals surface area (Å²) in [4.78, 5) is 28.2. The lowest BCUT2D eigenvalue weighted by molar-refractivity contribution is -0.384. The molecule has 0 fully saturated rings. The van der Waals surface area contributed by atoms with Crippen LogP contribution in [0.2, 0.25) is 5.02 Å². The summed E-state index contributed by atoms with van der Waals surface area (Å²) in [5.41, 5.74) is 5.17. The van der Waals surface area contributed by atoms with Crippen LogP contribution in [0.15, 0.2) is 66.7 Å². The Bertz CT molecular complexity index is 1330. The number of anilines is 1. The van der Waals surface area contributed by atoms with Crippen molar-refractivity contribution in [2.24, 2.45) is 0 Å². The number of carbonyl (C=O) groups excluding carboxylic acids is 1. The quantitative estimate of drug-likeness (QED) is 0.302. The second-order valence-electron chi connectivity index (χ2n) is 7.25. The maximum absolute atomic E-state index is 13.1. The van der Waals surface area contributed by atoms with E-state index in [-0.39, 0.29) is 11.6 Å². The van der Waals surface area contributed by atoms with Crippen molar-refractivity contribution in [1.82, 2.24) is 4.98 Å². The predicted molar refractivity (Wildman–Crippen MR) is 123 cm³/mol. The molecule has 1 N–H and O–H groups in total. The van der Waals surface area contributed by atoms with Gasteiger partial charge in [0.1, 0.15) is 0 Å². The number of hydrogen-bond acceptors (Lipinski definition) is 4. The van der Waals surface area contributed by atoms with Crippen LogP contribution < -0.4 is 5.32 Å². The maximum Gasteiger partial charge on any atom is 0.269 e. The molecule has 31 heavy (non-hydrogen) atoms. The number of non-ortho nitro benzene ring substituents is 1. The Labute approximate surface area is 183 Å². The average molecular weight is 432 g/mol. The molecule has 3 aromatic carbocycles. The largest absolute Gasteiger partial charge is 0.322 e. The van der Waals surface area contributed by atoms with Gasteiger partial charge in [-0.2, -0.15) is 0 Å². The average Bonchev–Trinajstić information content (AvgIpc) is 2.75. The monoisotopic (exact) mass is 431 g/mol. The first-order valence-electron chi connectivity index (χ1n) is 9.56. The third kappa shape index (κ3) is 4.11. The molecule has 1 amide bonds. The number of benzene rings is 3. The lowest BCUT2D eigenvalue weighted by atomic mass is 10.0. The molecule has 0 spiro atoms. The molecule has 0 saturated carbocycles. The summed E-state index contributed by atoms with van der Waals surface area (Å²) in [7, 11) is 0. The van der Waals surface area contributed by atoms with Crippen molar-refractivity contribution in [3.8, 4) is 11.3 Å². The van der Waals surface area contributed by atoms with E-state index in [0.29, 0.717) is 32.9 Å². The van der Waals surface area contributed by atoms with Gasteiger partial charge in [0.25, 0.3) is 11.6 Å². The number of aryl methyl sites for hydroxylation is 2. The zero-order chi connectivity index (χ0) is 22.1. The Hall–Kier alpha value is -3.77. The van der Waals surface area contributed by atoms with Gasteiger partial charge in [-0.25, -0.2) is 4.98 Å². The number of aromatic nitrogens is 1. The number of nitrogens with zero attached hydrogens (tertiary/aromatic N) is 2. The van der Waals surface area contributed by atoms with E-state index in [0.717, 1.165) is 11.1 Å². The van der Waals surface area contributed by atoms with E-state index in [9.17, 15) is 14.9 Å². The minimum absolute atomic E-state index is 0.0452. The minimum Gasteiger partial charge on any atom is -0.322 e. The molecule has 6 nitrogen and oxygen atoms in total. The Balaban J connectivity index is 1.80. The zero-order valence-electron chi connectivity index (χ0n) is 16.8. The highest BCUT2D eigenvalue weighted by atomic mass is 35.5. The Morgan fingerprint density at radius 2 is 1.74 bits per heavy atom. The molecule has 4 rings (SSSR count). The molecule has 4 aromatic rings. The first-order valence-corrected chi connectivity index (χ1v) is 9.94. The maximum atomic E-state index is 13.1. The molecule has 0 aliphatic carbocycles. The summed E-state index contributed by atoms with van der Waals surface area (Å²) in [5, 5.41) is 14.7.